The van der Waals surface area contributed by atoms with Crippen molar-refractivity contribution in [1.29, 1.82) is 0 Å². The lowest BCUT2D eigenvalue weighted by Gasteiger charge is -2.04. The topological polar surface area (TPSA) is 59.8 Å². The third-order valence-corrected chi connectivity index (χ3v) is 4.51. The maximum absolute atomic E-state index is 11.9. The fraction of sp³-hybridized carbons (Fsp3) is 0.364. The summed E-state index contributed by atoms with van der Waals surface area (Å²) in [5, 5.41) is 11.1. The van der Waals surface area contributed by atoms with Crippen molar-refractivity contribution in [3.05, 3.63) is 32.4 Å². The molecule has 94 valence electrons. The Bertz CT molecular complexity index is 592. The minimum atomic E-state index is -0.0685. The Hall–Kier alpha value is -1.21. The highest BCUT2D eigenvalue weighted by Crippen LogP contribution is 2.22. The first-order valence-corrected chi connectivity index (χ1v) is 7.29. The van der Waals surface area contributed by atoms with E-state index in [4.69, 9.17) is 0 Å². The number of fused-ring (bicyclic) bond motifs is 1. The van der Waals surface area contributed by atoms with Gasteiger partial charge >= 0.3 is 0 Å². The fourth-order valence-electron chi connectivity index (χ4n) is 2.02. The Balaban J connectivity index is 1.66. The SMILES string of the molecule is O=C(NCc1nnc2n1CCC2)c1ccc(Br)s1. The third-order valence-electron chi connectivity index (χ3n) is 2.89. The van der Waals surface area contributed by atoms with E-state index in [-0.39, 0.29) is 5.91 Å². The number of rotatable bonds is 3. The smallest absolute Gasteiger partial charge is 0.261 e. The number of halogens is 1. The molecule has 0 aromatic carbocycles. The Morgan fingerprint density at radius 2 is 2.39 bits per heavy atom. The van der Waals surface area contributed by atoms with E-state index in [9.17, 15) is 4.79 Å². The van der Waals surface area contributed by atoms with Gasteiger partial charge < -0.3 is 9.88 Å². The molecule has 3 rings (SSSR count). The number of aryl methyl sites for hydroxylation is 1. The van der Waals surface area contributed by atoms with Crippen LogP contribution in [0.25, 0.3) is 0 Å². The molecule has 3 heterocycles. The molecule has 7 heteroatoms. The summed E-state index contributed by atoms with van der Waals surface area (Å²) in [6, 6.07) is 3.67. The lowest BCUT2D eigenvalue weighted by molar-refractivity contribution is 0.0953. The molecular weight excluding hydrogens is 316 g/mol. The molecule has 1 N–H and O–H groups in total. The van der Waals surface area contributed by atoms with E-state index in [0.29, 0.717) is 11.4 Å². The summed E-state index contributed by atoms with van der Waals surface area (Å²) in [5.74, 6) is 1.80. The van der Waals surface area contributed by atoms with Gasteiger partial charge in [0.05, 0.1) is 15.2 Å². The molecular formula is C11H11BrN4OS. The van der Waals surface area contributed by atoms with Crippen LogP contribution in [0.1, 0.15) is 27.7 Å². The second-order valence-electron chi connectivity index (χ2n) is 4.07. The van der Waals surface area contributed by atoms with E-state index >= 15 is 0 Å². The average Bonchev–Trinajstić information content (AvgIpc) is 3.02. The summed E-state index contributed by atoms with van der Waals surface area (Å²) >= 11 is 4.76. The van der Waals surface area contributed by atoms with Crippen LogP contribution < -0.4 is 5.32 Å². The van der Waals surface area contributed by atoms with Crippen molar-refractivity contribution in [2.45, 2.75) is 25.9 Å². The molecule has 0 spiro atoms. The van der Waals surface area contributed by atoms with Crippen molar-refractivity contribution in [3.8, 4) is 0 Å². The lowest BCUT2D eigenvalue weighted by Crippen LogP contribution is -2.23. The van der Waals surface area contributed by atoms with Crippen molar-refractivity contribution < 1.29 is 4.79 Å². The molecule has 1 aliphatic heterocycles. The van der Waals surface area contributed by atoms with Crippen LogP contribution in [-0.4, -0.2) is 20.7 Å². The Morgan fingerprint density at radius 3 is 3.17 bits per heavy atom. The Kier molecular flexibility index (Phi) is 3.17. The second kappa shape index (κ2) is 4.81. The molecule has 1 amide bonds. The molecule has 0 unspecified atom stereocenters. The molecule has 2 aromatic rings. The third kappa shape index (κ3) is 2.20. The second-order valence-corrected chi connectivity index (χ2v) is 6.54. The number of thiophene rings is 1. The van der Waals surface area contributed by atoms with Crippen LogP contribution in [0.5, 0.6) is 0 Å². The first kappa shape index (κ1) is 11.9. The van der Waals surface area contributed by atoms with Gasteiger partial charge in [-0.05, 0) is 34.5 Å². The van der Waals surface area contributed by atoms with Crippen LogP contribution in [0.15, 0.2) is 15.9 Å². The number of aromatic nitrogens is 3. The zero-order chi connectivity index (χ0) is 12.5. The highest BCUT2D eigenvalue weighted by atomic mass is 79.9. The minimum Gasteiger partial charge on any atom is -0.344 e. The van der Waals surface area contributed by atoms with Crippen LogP contribution in [-0.2, 0) is 19.5 Å². The first-order chi connectivity index (χ1) is 8.74. The number of amides is 1. The molecule has 0 fully saturated rings. The predicted molar refractivity (Wildman–Crippen MR) is 71.5 cm³/mol. The standard InChI is InChI=1S/C11H11BrN4OS/c12-8-4-3-7(18-8)11(17)13-6-10-15-14-9-2-1-5-16(9)10/h3-4H,1-2,5-6H2,(H,13,17). The van der Waals surface area contributed by atoms with Crippen molar-refractivity contribution in [3.63, 3.8) is 0 Å². The van der Waals surface area contributed by atoms with Crippen molar-refractivity contribution in [1.82, 2.24) is 20.1 Å². The van der Waals surface area contributed by atoms with Crippen LogP contribution in [0, 0.1) is 0 Å². The molecule has 2 aromatic heterocycles. The van der Waals surface area contributed by atoms with Crippen LogP contribution in [0.2, 0.25) is 0 Å². The molecule has 0 aliphatic carbocycles. The van der Waals surface area contributed by atoms with Gasteiger partial charge in [0.1, 0.15) is 5.82 Å². The number of carbonyl (C=O) groups excluding carboxylic acids is 1. The number of hydrogen-bond acceptors (Lipinski definition) is 4. The fourth-order valence-corrected chi connectivity index (χ4v) is 3.33. The molecule has 0 saturated carbocycles. The van der Waals surface area contributed by atoms with Gasteiger partial charge in [0.25, 0.3) is 5.91 Å². The van der Waals surface area contributed by atoms with Gasteiger partial charge in [-0.2, -0.15) is 0 Å². The molecule has 1 aliphatic rings. The monoisotopic (exact) mass is 326 g/mol. The van der Waals surface area contributed by atoms with E-state index in [1.807, 2.05) is 6.07 Å². The van der Waals surface area contributed by atoms with Crippen molar-refractivity contribution >= 4 is 33.2 Å². The normalized spacial score (nSPS) is 13.6. The Morgan fingerprint density at radius 1 is 1.50 bits per heavy atom. The van der Waals surface area contributed by atoms with Gasteiger partial charge in [0.15, 0.2) is 5.82 Å². The van der Waals surface area contributed by atoms with Crippen LogP contribution >= 0.6 is 27.3 Å². The van der Waals surface area contributed by atoms with E-state index in [1.165, 1.54) is 11.3 Å². The Labute approximate surface area is 116 Å². The molecule has 0 radical (unpaired) electrons. The number of nitrogens with zero attached hydrogens (tertiary/aromatic N) is 3. The number of carbonyl (C=O) groups is 1. The quantitative estimate of drug-likeness (QED) is 0.938. The van der Waals surface area contributed by atoms with E-state index in [1.54, 1.807) is 6.07 Å². The first-order valence-electron chi connectivity index (χ1n) is 5.68. The zero-order valence-electron chi connectivity index (χ0n) is 9.52. The van der Waals surface area contributed by atoms with Crippen LogP contribution in [0.3, 0.4) is 0 Å². The van der Waals surface area contributed by atoms with Gasteiger partial charge in [-0.1, -0.05) is 0 Å². The molecule has 5 nitrogen and oxygen atoms in total. The van der Waals surface area contributed by atoms with Gasteiger partial charge in [0.2, 0.25) is 0 Å². The van der Waals surface area contributed by atoms with E-state index in [0.717, 1.165) is 34.8 Å². The largest absolute Gasteiger partial charge is 0.344 e. The summed E-state index contributed by atoms with van der Waals surface area (Å²) in [6.07, 6.45) is 2.10. The number of hydrogen-bond donors (Lipinski definition) is 1. The van der Waals surface area contributed by atoms with Crippen LogP contribution in [0.4, 0.5) is 0 Å². The van der Waals surface area contributed by atoms with E-state index < -0.39 is 0 Å². The van der Waals surface area contributed by atoms with Gasteiger partial charge in [-0.15, -0.1) is 21.5 Å². The highest BCUT2D eigenvalue weighted by molar-refractivity contribution is 9.11. The summed E-state index contributed by atoms with van der Waals surface area (Å²) in [6.45, 7) is 1.39. The van der Waals surface area contributed by atoms with Gasteiger partial charge in [-0.25, -0.2) is 0 Å². The maximum atomic E-state index is 11.9. The van der Waals surface area contributed by atoms with Crippen molar-refractivity contribution in [2.75, 3.05) is 0 Å². The molecule has 18 heavy (non-hydrogen) atoms. The number of nitrogens with one attached hydrogen (secondary N) is 1. The summed E-state index contributed by atoms with van der Waals surface area (Å²) in [4.78, 5) is 12.6. The van der Waals surface area contributed by atoms with Crippen molar-refractivity contribution in [2.24, 2.45) is 0 Å². The van der Waals surface area contributed by atoms with Gasteiger partial charge in [0, 0.05) is 13.0 Å². The average molecular weight is 327 g/mol. The minimum absolute atomic E-state index is 0.0685. The zero-order valence-corrected chi connectivity index (χ0v) is 11.9. The highest BCUT2D eigenvalue weighted by Gasteiger charge is 2.17. The van der Waals surface area contributed by atoms with Gasteiger partial charge in [-0.3, -0.25) is 4.79 Å². The summed E-state index contributed by atoms with van der Waals surface area (Å²) < 4.78 is 3.04. The summed E-state index contributed by atoms with van der Waals surface area (Å²) in [7, 11) is 0. The maximum Gasteiger partial charge on any atom is 0.261 e. The summed E-state index contributed by atoms with van der Waals surface area (Å²) in [5.41, 5.74) is 0. The lowest BCUT2D eigenvalue weighted by atomic mass is 10.4. The molecule has 0 bridgehead atoms. The molecule has 0 saturated heterocycles. The predicted octanol–water partition coefficient (Wildman–Crippen LogP) is 1.98. The molecule has 0 atom stereocenters. The van der Waals surface area contributed by atoms with E-state index in [2.05, 4.69) is 36.0 Å².